The molecular weight excluding hydrogens is 316 g/mol. The van der Waals surface area contributed by atoms with Crippen LogP contribution in [0.25, 0.3) is 5.65 Å². The summed E-state index contributed by atoms with van der Waals surface area (Å²) < 4.78 is 1.81. The summed E-state index contributed by atoms with van der Waals surface area (Å²) in [6.45, 7) is 8.50. The van der Waals surface area contributed by atoms with Gasteiger partial charge in [0.25, 0.3) is 0 Å². The third-order valence-electron chi connectivity index (χ3n) is 4.11. The molecule has 25 heavy (non-hydrogen) atoms. The maximum Gasteiger partial charge on any atom is 0.201 e. The summed E-state index contributed by atoms with van der Waals surface area (Å²) in [7, 11) is 0. The maximum absolute atomic E-state index is 4.71. The van der Waals surface area contributed by atoms with Crippen LogP contribution in [-0.2, 0) is 0 Å². The van der Waals surface area contributed by atoms with Crippen LogP contribution in [0.1, 0.15) is 52.3 Å². The second kappa shape index (κ2) is 7.42. The molecule has 8 heteroatoms. The van der Waals surface area contributed by atoms with E-state index >= 15 is 0 Å². The molecule has 3 aromatic heterocycles. The molecule has 0 saturated heterocycles. The first-order valence-electron chi connectivity index (χ1n) is 8.69. The van der Waals surface area contributed by atoms with Crippen molar-refractivity contribution in [1.82, 2.24) is 30.0 Å². The molecule has 0 aliphatic heterocycles. The van der Waals surface area contributed by atoms with Crippen molar-refractivity contribution < 1.29 is 0 Å². The van der Waals surface area contributed by atoms with Crippen molar-refractivity contribution in [2.24, 2.45) is 0 Å². The molecule has 0 aromatic carbocycles. The van der Waals surface area contributed by atoms with Crippen LogP contribution in [0.3, 0.4) is 0 Å². The SMILES string of the molecule is CCC(CC)Nc1cc(Nc2ccnnc2)c2nnc(C(C)C)n2n1. The Bertz CT molecular complexity index is 823. The van der Waals surface area contributed by atoms with Crippen molar-refractivity contribution in [3.8, 4) is 0 Å². The van der Waals surface area contributed by atoms with E-state index < -0.39 is 0 Å². The lowest BCUT2D eigenvalue weighted by Crippen LogP contribution is -2.19. The Kier molecular flexibility index (Phi) is 5.06. The van der Waals surface area contributed by atoms with Crippen LogP contribution in [0, 0.1) is 0 Å². The predicted octanol–water partition coefficient (Wildman–Crippen LogP) is 3.38. The lowest BCUT2D eigenvalue weighted by atomic mass is 10.2. The van der Waals surface area contributed by atoms with Crippen LogP contribution in [0.4, 0.5) is 17.2 Å². The number of nitrogens with zero attached hydrogens (tertiary/aromatic N) is 6. The molecule has 8 nitrogen and oxygen atoms in total. The molecule has 3 heterocycles. The number of aromatic nitrogens is 6. The number of nitrogens with one attached hydrogen (secondary N) is 2. The van der Waals surface area contributed by atoms with Gasteiger partial charge in [-0.3, -0.25) is 0 Å². The van der Waals surface area contributed by atoms with Gasteiger partial charge in [-0.25, -0.2) is 0 Å². The number of hydrogen-bond acceptors (Lipinski definition) is 7. The number of anilines is 3. The zero-order chi connectivity index (χ0) is 17.8. The van der Waals surface area contributed by atoms with Crippen LogP contribution in [0.5, 0.6) is 0 Å². The van der Waals surface area contributed by atoms with Crippen molar-refractivity contribution in [2.75, 3.05) is 10.6 Å². The largest absolute Gasteiger partial charge is 0.366 e. The van der Waals surface area contributed by atoms with Gasteiger partial charge < -0.3 is 10.6 Å². The fourth-order valence-electron chi connectivity index (χ4n) is 2.64. The molecule has 0 atom stereocenters. The standard InChI is InChI=1S/C17H24N8/c1-5-12(6-2)21-15-9-14(20-13-7-8-18-19-10-13)17-23-22-16(11(3)4)25(17)24-15/h7-12H,5-6H2,1-4H3,(H,18,20)(H,21,24). The van der Waals surface area contributed by atoms with Crippen LogP contribution >= 0.6 is 0 Å². The monoisotopic (exact) mass is 340 g/mol. The van der Waals surface area contributed by atoms with E-state index in [4.69, 9.17) is 5.10 Å². The average molecular weight is 340 g/mol. The molecule has 2 N–H and O–H groups in total. The van der Waals surface area contributed by atoms with Gasteiger partial charge in [-0.15, -0.1) is 15.3 Å². The van der Waals surface area contributed by atoms with Gasteiger partial charge in [0.05, 0.1) is 23.8 Å². The Hall–Kier alpha value is -2.77. The van der Waals surface area contributed by atoms with Gasteiger partial charge in [0.15, 0.2) is 5.82 Å². The quantitative estimate of drug-likeness (QED) is 0.681. The minimum absolute atomic E-state index is 0.223. The van der Waals surface area contributed by atoms with E-state index in [1.165, 1.54) is 0 Å². The Morgan fingerprint density at radius 2 is 1.92 bits per heavy atom. The van der Waals surface area contributed by atoms with Crippen molar-refractivity contribution in [3.05, 3.63) is 30.4 Å². The topological polar surface area (TPSA) is 92.9 Å². The van der Waals surface area contributed by atoms with Gasteiger partial charge in [0, 0.05) is 18.0 Å². The third-order valence-corrected chi connectivity index (χ3v) is 4.11. The lowest BCUT2D eigenvalue weighted by Gasteiger charge is -2.17. The molecule has 0 unspecified atom stereocenters. The minimum atomic E-state index is 0.223. The zero-order valence-electron chi connectivity index (χ0n) is 15.1. The van der Waals surface area contributed by atoms with Gasteiger partial charge >= 0.3 is 0 Å². The first kappa shape index (κ1) is 17.1. The molecule has 3 aromatic rings. The molecular formula is C17H24N8. The summed E-state index contributed by atoms with van der Waals surface area (Å²) in [5.41, 5.74) is 2.36. The maximum atomic E-state index is 4.71. The smallest absolute Gasteiger partial charge is 0.201 e. The summed E-state index contributed by atoms with van der Waals surface area (Å²) >= 11 is 0. The first-order valence-corrected chi connectivity index (χ1v) is 8.69. The average Bonchev–Trinajstić information content (AvgIpc) is 3.05. The van der Waals surface area contributed by atoms with Crippen molar-refractivity contribution >= 4 is 22.8 Å². The third kappa shape index (κ3) is 3.67. The van der Waals surface area contributed by atoms with Gasteiger partial charge in [0.2, 0.25) is 5.65 Å². The van der Waals surface area contributed by atoms with Crippen LogP contribution in [0.2, 0.25) is 0 Å². The second-order valence-electron chi connectivity index (χ2n) is 6.31. The molecule has 132 valence electrons. The predicted molar refractivity (Wildman–Crippen MR) is 98.2 cm³/mol. The molecule has 0 spiro atoms. The number of fused-ring (bicyclic) bond motifs is 1. The van der Waals surface area contributed by atoms with Gasteiger partial charge in [-0.1, -0.05) is 27.7 Å². The van der Waals surface area contributed by atoms with Crippen LogP contribution in [-0.4, -0.2) is 36.1 Å². The van der Waals surface area contributed by atoms with E-state index in [1.54, 1.807) is 12.4 Å². The molecule has 0 aliphatic carbocycles. The number of hydrogen-bond donors (Lipinski definition) is 2. The van der Waals surface area contributed by atoms with E-state index in [-0.39, 0.29) is 5.92 Å². The van der Waals surface area contributed by atoms with Crippen LogP contribution < -0.4 is 10.6 Å². The van der Waals surface area contributed by atoms with Crippen LogP contribution in [0.15, 0.2) is 24.5 Å². The fraction of sp³-hybridized carbons (Fsp3) is 0.471. The fourth-order valence-corrected chi connectivity index (χ4v) is 2.64. The summed E-state index contributed by atoms with van der Waals surface area (Å²) in [4.78, 5) is 0. The van der Waals surface area contributed by atoms with E-state index in [2.05, 4.69) is 58.7 Å². The molecule has 0 aliphatic rings. The molecule has 3 rings (SSSR count). The minimum Gasteiger partial charge on any atom is -0.366 e. The molecule has 0 saturated carbocycles. The zero-order valence-corrected chi connectivity index (χ0v) is 15.1. The van der Waals surface area contributed by atoms with Gasteiger partial charge in [-0.05, 0) is 18.9 Å². The van der Waals surface area contributed by atoms with E-state index in [9.17, 15) is 0 Å². The van der Waals surface area contributed by atoms with Crippen molar-refractivity contribution in [3.63, 3.8) is 0 Å². The van der Waals surface area contributed by atoms with E-state index in [0.29, 0.717) is 11.7 Å². The summed E-state index contributed by atoms with van der Waals surface area (Å²) in [6, 6.07) is 4.20. The molecule has 0 bridgehead atoms. The molecule has 0 fully saturated rings. The van der Waals surface area contributed by atoms with E-state index in [0.717, 1.165) is 35.9 Å². The summed E-state index contributed by atoms with van der Waals surface area (Å²) in [6.07, 6.45) is 5.39. The van der Waals surface area contributed by atoms with Crippen molar-refractivity contribution in [1.29, 1.82) is 0 Å². The van der Waals surface area contributed by atoms with E-state index in [1.807, 2.05) is 16.6 Å². The highest BCUT2D eigenvalue weighted by Gasteiger charge is 2.16. The molecule has 0 radical (unpaired) electrons. The lowest BCUT2D eigenvalue weighted by molar-refractivity contribution is 0.661. The Labute approximate surface area is 147 Å². The highest BCUT2D eigenvalue weighted by Crippen LogP contribution is 2.25. The number of rotatable bonds is 7. The van der Waals surface area contributed by atoms with Gasteiger partial charge in [-0.2, -0.15) is 14.7 Å². The summed E-state index contributed by atoms with van der Waals surface area (Å²) in [5.74, 6) is 1.85. The Morgan fingerprint density at radius 1 is 1.12 bits per heavy atom. The Morgan fingerprint density at radius 3 is 2.56 bits per heavy atom. The van der Waals surface area contributed by atoms with Gasteiger partial charge in [0.1, 0.15) is 5.82 Å². The van der Waals surface area contributed by atoms with Crippen molar-refractivity contribution in [2.45, 2.75) is 52.5 Å². The second-order valence-corrected chi connectivity index (χ2v) is 6.31. The highest BCUT2D eigenvalue weighted by atomic mass is 15.4. The first-order chi connectivity index (χ1) is 12.1. The summed E-state index contributed by atoms with van der Waals surface area (Å²) in [5, 5.41) is 27.9. The normalized spacial score (nSPS) is 11.4. The Balaban J connectivity index is 2.06. The highest BCUT2D eigenvalue weighted by molar-refractivity contribution is 5.75. The molecule has 0 amide bonds.